The summed E-state index contributed by atoms with van der Waals surface area (Å²) in [5, 5.41) is 18.8. The molecule has 4 heteroatoms. The number of aliphatic carboxylic acids is 1. The molecule has 0 aliphatic heterocycles. The minimum absolute atomic E-state index is 0.255. The lowest BCUT2D eigenvalue weighted by atomic mass is 9.69. The van der Waals surface area contributed by atoms with Crippen LogP contribution in [0.25, 0.3) is 0 Å². The van der Waals surface area contributed by atoms with Crippen molar-refractivity contribution >= 4 is 5.97 Å². The first-order chi connectivity index (χ1) is 9.15. The average molecular weight is 258 g/mol. The zero-order chi connectivity index (χ0) is 13.9. The highest BCUT2D eigenvalue weighted by Crippen LogP contribution is 2.49. The summed E-state index contributed by atoms with van der Waals surface area (Å²) in [7, 11) is 0. The molecule has 0 aromatic heterocycles. The summed E-state index contributed by atoms with van der Waals surface area (Å²) >= 11 is 0. The molecule has 3 N–H and O–H groups in total. The Morgan fingerprint density at radius 2 is 2.05 bits per heavy atom. The molecule has 100 valence electrons. The molecule has 1 aromatic carbocycles. The highest BCUT2D eigenvalue weighted by atomic mass is 16.4. The summed E-state index contributed by atoms with van der Waals surface area (Å²) in [5.41, 5.74) is 6.36. The quantitative estimate of drug-likeness (QED) is 0.867. The van der Waals surface area contributed by atoms with Crippen LogP contribution in [0.1, 0.15) is 42.7 Å². The van der Waals surface area contributed by atoms with E-state index >= 15 is 0 Å². The Morgan fingerprint density at radius 3 is 2.58 bits per heavy atom. The number of carboxylic acids is 1. The van der Waals surface area contributed by atoms with Gasteiger partial charge in [-0.15, -0.1) is 0 Å². The van der Waals surface area contributed by atoms with Gasteiger partial charge in [0.25, 0.3) is 0 Å². The molecule has 1 saturated carbocycles. The fraction of sp³-hybridized carbons (Fsp3) is 0.467. The third-order valence-corrected chi connectivity index (χ3v) is 4.28. The maximum atomic E-state index is 11.8. The predicted molar refractivity (Wildman–Crippen MR) is 71.5 cm³/mol. The first-order valence-electron chi connectivity index (χ1n) is 6.58. The van der Waals surface area contributed by atoms with Gasteiger partial charge < -0.3 is 10.8 Å². The number of hydrogen-bond acceptors (Lipinski definition) is 3. The number of nitrogens with zero attached hydrogens (tertiary/aromatic N) is 1. The third-order valence-electron chi connectivity index (χ3n) is 4.28. The van der Waals surface area contributed by atoms with Crippen molar-refractivity contribution in [2.75, 3.05) is 6.54 Å². The number of carbonyl (C=O) groups is 1. The molecule has 1 aromatic rings. The van der Waals surface area contributed by atoms with Crippen LogP contribution in [0.15, 0.2) is 24.3 Å². The van der Waals surface area contributed by atoms with E-state index in [4.69, 9.17) is 5.73 Å². The Morgan fingerprint density at radius 1 is 1.42 bits per heavy atom. The number of nitriles is 1. The minimum atomic E-state index is -0.804. The summed E-state index contributed by atoms with van der Waals surface area (Å²) in [5.74, 6) is -1.07. The lowest BCUT2D eigenvalue weighted by Gasteiger charge is -2.33. The first-order valence-corrected chi connectivity index (χ1v) is 6.58. The van der Waals surface area contributed by atoms with E-state index in [9.17, 15) is 15.2 Å². The zero-order valence-electron chi connectivity index (χ0n) is 10.8. The van der Waals surface area contributed by atoms with E-state index in [1.165, 1.54) is 0 Å². The molecule has 1 atom stereocenters. The van der Waals surface area contributed by atoms with Crippen molar-refractivity contribution in [1.82, 2.24) is 0 Å². The molecule has 1 fully saturated rings. The summed E-state index contributed by atoms with van der Waals surface area (Å²) in [6, 6.07) is 9.32. The fourth-order valence-electron chi connectivity index (χ4n) is 3.27. The lowest BCUT2D eigenvalue weighted by Crippen LogP contribution is -2.38. The van der Waals surface area contributed by atoms with Gasteiger partial charge in [0.2, 0.25) is 0 Å². The van der Waals surface area contributed by atoms with E-state index in [2.05, 4.69) is 6.07 Å². The molecule has 4 nitrogen and oxygen atoms in total. The highest BCUT2D eigenvalue weighted by molar-refractivity contribution is 5.77. The average Bonchev–Trinajstić information content (AvgIpc) is 2.91. The van der Waals surface area contributed by atoms with Crippen LogP contribution >= 0.6 is 0 Å². The Labute approximate surface area is 112 Å². The highest BCUT2D eigenvalue weighted by Gasteiger charge is 2.48. The van der Waals surface area contributed by atoms with E-state index in [1.807, 2.05) is 12.1 Å². The number of rotatable bonds is 4. The van der Waals surface area contributed by atoms with Crippen LogP contribution in [-0.4, -0.2) is 17.6 Å². The smallest absolute Gasteiger partial charge is 0.310 e. The lowest BCUT2D eigenvalue weighted by molar-refractivity contribution is -0.150. The second-order valence-electron chi connectivity index (χ2n) is 5.16. The van der Waals surface area contributed by atoms with Crippen molar-refractivity contribution in [2.24, 2.45) is 11.1 Å². The predicted octanol–water partition coefficient (Wildman–Crippen LogP) is 2.25. The molecule has 2 rings (SSSR count). The van der Waals surface area contributed by atoms with Gasteiger partial charge in [-0.3, -0.25) is 4.79 Å². The van der Waals surface area contributed by atoms with Gasteiger partial charge in [0.15, 0.2) is 0 Å². The molecule has 0 radical (unpaired) electrons. The van der Waals surface area contributed by atoms with Crippen LogP contribution in [0.2, 0.25) is 0 Å². The second-order valence-corrected chi connectivity index (χ2v) is 5.16. The topological polar surface area (TPSA) is 87.1 Å². The van der Waals surface area contributed by atoms with Gasteiger partial charge in [-0.05, 0) is 24.5 Å². The Kier molecular flexibility index (Phi) is 3.87. The molecule has 19 heavy (non-hydrogen) atoms. The molecule has 0 heterocycles. The summed E-state index contributed by atoms with van der Waals surface area (Å²) in [6.07, 6.45) is 3.11. The Bertz CT molecular complexity index is 513. The largest absolute Gasteiger partial charge is 0.481 e. The zero-order valence-corrected chi connectivity index (χ0v) is 10.8. The number of hydrogen-bond donors (Lipinski definition) is 2. The van der Waals surface area contributed by atoms with Crippen LogP contribution in [0.5, 0.6) is 0 Å². The maximum absolute atomic E-state index is 11.8. The van der Waals surface area contributed by atoms with Crippen LogP contribution in [-0.2, 0) is 4.79 Å². The molecule has 0 bridgehead atoms. The standard InChI is InChI=1S/C15H18N2O2/c16-9-11-5-1-2-6-12(11)13(10-17)15(14(18)19)7-3-4-8-15/h1-2,5-6,13H,3-4,7-8,10,17H2,(H,18,19)/t13-/m0/s1. The number of carboxylic acid groups (broad SMARTS) is 1. The molecule has 1 aliphatic carbocycles. The normalized spacial score (nSPS) is 18.7. The number of nitrogens with two attached hydrogens (primary N) is 1. The Hall–Kier alpha value is -1.86. The molecular weight excluding hydrogens is 240 g/mol. The van der Waals surface area contributed by atoms with Crippen molar-refractivity contribution in [2.45, 2.75) is 31.6 Å². The van der Waals surface area contributed by atoms with Gasteiger partial charge in [-0.1, -0.05) is 31.0 Å². The van der Waals surface area contributed by atoms with Gasteiger partial charge in [0.1, 0.15) is 0 Å². The van der Waals surface area contributed by atoms with E-state index in [0.29, 0.717) is 18.4 Å². The first kappa shape index (κ1) is 13.6. The third kappa shape index (κ3) is 2.22. The van der Waals surface area contributed by atoms with Gasteiger partial charge in [0.05, 0.1) is 17.0 Å². The van der Waals surface area contributed by atoms with Crippen molar-refractivity contribution in [3.05, 3.63) is 35.4 Å². The molecule has 0 saturated heterocycles. The fourth-order valence-corrected chi connectivity index (χ4v) is 3.27. The van der Waals surface area contributed by atoms with Crippen molar-refractivity contribution in [3.63, 3.8) is 0 Å². The van der Waals surface area contributed by atoms with Gasteiger partial charge in [-0.2, -0.15) is 5.26 Å². The molecule has 0 amide bonds. The summed E-state index contributed by atoms with van der Waals surface area (Å²) in [4.78, 5) is 11.8. The van der Waals surface area contributed by atoms with Crippen LogP contribution < -0.4 is 5.73 Å². The van der Waals surface area contributed by atoms with Crippen LogP contribution in [0, 0.1) is 16.7 Å². The second kappa shape index (κ2) is 5.41. The summed E-state index contributed by atoms with van der Waals surface area (Å²) < 4.78 is 0. The SMILES string of the molecule is N#Cc1ccccc1[C@H](CN)C1(C(=O)O)CCCC1. The van der Waals surface area contributed by atoms with Gasteiger partial charge in [0, 0.05) is 12.5 Å². The Balaban J connectivity index is 2.50. The van der Waals surface area contributed by atoms with E-state index in [0.717, 1.165) is 18.4 Å². The molecular formula is C15H18N2O2. The van der Waals surface area contributed by atoms with Crippen molar-refractivity contribution in [1.29, 1.82) is 5.26 Å². The maximum Gasteiger partial charge on any atom is 0.310 e. The monoisotopic (exact) mass is 258 g/mol. The molecule has 0 spiro atoms. The van der Waals surface area contributed by atoms with Gasteiger partial charge in [-0.25, -0.2) is 0 Å². The van der Waals surface area contributed by atoms with Crippen LogP contribution in [0.4, 0.5) is 0 Å². The van der Waals surface area contributed by atoms with E-state index in [-0.39, 0.29) is 12.5 Å². The van der Waals surface area contributed by atoms with Gasteiger partial charge >= 0.3 is 5.97 Å². The van der Waals surface area contributed by atoms with Crippen molar-refractivity contribution < 1.29 is 9.90 Å². The van der Waals surface area contributed by atoms with Crippen molar-refractivity contribution in [3.8, 4) is 6.07 Å². The van der Waals surface area contributed by atoms with E-state index < -0.39 is 11.4 Å². The van der Waals surface area contributed by atoms with E-state index in [1.54, 1.807) is 12.1 Å². The number of benzene rings is 1. The minimum Gasteiger partial charge on any atom is -0.481 e. The molecule has 1 aliphatic rings. The summed E-state index contributed by atoms with van der Waals surface area (Å²) in [6.45, 7) is 0.255. The molecule has 0 unspecified atom stereocenters. The van der Waals surface area contributed by atoms with Crippen LogP contribution in [0.3, 0.4) is 0 Å².